The monoisotopic (exact) mass is 227 g/mol. The van der Waals surface area contributed by atoms with Gasteiger partial charge in [0.2, 0.25) is 5.52 Å². The van der Waals surface area contributed by atoms with Gasteiger partial charge in [0.15, 0.2) is 6.20 Å². The SMILES string of the molecule is Cc1cc(C(F)(F)F)c2ccc[n+]([O-])c2c1. The molecule has 0 saturated carbocycles. The molecule has 1 aromatic heterocycles. The molecule has 1 heterocycles. The molecule has 1 aromatic carbocycles. The molecule has 0 bridgehead atoms. The zero-order valence-corrected chi connectivity index (χ0v) is 8.38. The molecule has 0 aliphatic rings. The molecule has 0 spiro atoms. The Kier molecular flexibility index (Phi) is 2.26. The number of hydrogen-bond acceptors (Lipinski definition) is 1. The van der Waals surface area contributed by atoms with E-state index < -0.39 is 11.7 Å². The number of benzene rings is 1. The van der Waals surface area contributed by atoms with Crippen LogP contribution in [0.25, 0.3) is 10.9 Å². The highest BCUT2D eigenvalue weighted by atomic mass is 19.4. The van der Waals surface area contributed by atoms with E-state index in [-0.39, 0.29) is 10.9 Å². The predicted octanol–water partition coefficient (Wildman–Crippen LogP) is 2.80. The van der Waals surface area contributed by atoms with Gasteiger partial charge < -0.3 is 5.21 Å². The van der Waals surface area contributed by atoms with Gasteiger partial charge in [-0.1, -0.05) is 0 Å². The average molecular weight is 227 g/mol. The zero-order chi connectivity index (χ0) is 11.9. The van der Waals surface area contributed by atoms with Crippen LogP contribution in [0.4, 0.5) is 13.2 Å². The third-order valence-electron chi connectivity index (χ3n) is 2.33. The number of hydrogen-bond donors (Lipinski definition) is 0. The van der Waals surface area contributed by atoms with Crippen molar-refractivity contribution in [3.8, 4) is 0 Å². The molecule has 2 nitrogen and oxygen atoms in total. The quantitative estimate of drug-likeness (QED) is 0.502. The number of halogens is 3. The predicted molar refractivity (Wildman–Crippen MR) is 52.6 cm³/mol. The van der Waals surface area contributed by atoms with Gasteiger partial charge >= 0.3 is 6.18 Å². The lowest BCUT2D eigenvalue weighted by Gasteiger charge is -2.11. The van der Waals surface area contributed by atoms with Crippen LogP contribution in [0.5, 0.6) is 0 Å². The Bertz CT molecular complexity index is 549. The van der Waals surface area contributed by atoms with E-state index in [1.165, 1.54) is 31.3 Å². The van der Waals surface area contributed by atoms with Crippen LogP contribution in [0.2, 0.25) is 0 Å². The van der Waals surface area contributed by atoms with Crippen molar-refractivity contribution in [3.05, 3.63) is 46.8 Å². The van der Waals surface area contributed by atoms with Crippen molar-refractivity contribution >= 4 is 10.9 Å². The molecule has 0 saturated heterocycles. The van der Waals surface area contributed by atoms with Crippen molar-refractivity contribution in [2.75, 3.05) is 0 Å². The van der Waals surface area contributed by atoms with Gasteiger partial charge in [0.25, 0.3) is 0 Å². The molecule has 0 amide bonds. The van der Waals surface area contributed by atoms with Crippen molar-refractivity contribution in [1.29, 1.82) is 0 Å². The largest absolute Gasteiger partial charge is 0.618 e. The summed E-state index contributed by atoms with van der Waals surface area (Å²) in [5.74, 6) is 0. The summed E-state index contributed by atoms with van der Waals surface area (Å²) in [7, 11) is 0. The van der Waals surface area contributed by atoms with Crippen LogP contribution in [-0.4, -0.2) is 0 Å². The molecule has 0 radical (unpaired) electrons. The molecule has 0 fully saturated rings. The minimum atomic E-state index is -4.45. The molecular weight excluding hydrogens is 219 g/mol. The van der Waals surface area contributed by atoms with Crippen LogP contribution >= 0.6 is 0 Å². The number of aromatic nitrogens is 1. The highest BCUT2D eigenvalue weighted by Crippen LogP contribution is 2.34. The van der Waals surface area contributed by atoms with E-state index in [2.05, 4.69) is 0 Å². The summed E-state index contributed by atoms with van der Waals surface area (Å²) in [4.78, 5) is 0. The Morgan fingerprint density at radius 3 is 2.56 bits per heavy atom. The molecule has 0 aliphatic carbocycles. The first-order valence-electron chi connectivity index (χ1n) is 4.59. The average Bonchev–Trinajstić information content (AvgIpc) is 2.17. The molecule has 2 aromatic rings. The van der Waals surface area contributed by atoms with E-state index >= 15 is 0 Å². The molecule has 0 atom stereocenters. The molecule has 0 N–H and O–H groups in total. The van der Waals surface area contributed by atoms with Gasteiger partial charge in [-0.05, 0) is 24.6 Å². The number of alkyl halides is 3. The number of fused-ring (bicyclic) bond motifs is 1. The Balaban J connectivity index is 2.89. The van der Waals surface area contributed by atoms with Crippen LogP contribution in [0.15, 0.2) is 30.5 Å². The number of rotatable bonds is 0. The fourth-order valence-electron chi connectivity index (χ4n) is 1.67. The van der Waals surface area contributed by atoms with E-state index in [1.54, 1.807) is 0 Å². The van der Waals surface area contributed by atoms with E-state index in [0.29, 0.717) is 10.3 Å². The number of aryl methyl sites for hydroxylation is 1. The smallest absolute Gasteiger partial charge is 0.417 e. The molecule has 0 aliphatic heterocycles. The minimum absolute atomic E-state index is 0.0369. The highest BCUT2D eigenvalue weighted by molar-refractivity contribution is 5.81. The summed E-state index contributed by atoms with van der Waals surface area (Å²) < 4.78 is 38.6. The molecule has 16 heavy (non-hydrogen) atoms. The summed E-state index contributed by atoms with van der Waals surface area (Å²) in [6.07, 6.45) is -3.26. The minimum Gasteiger partial charge on any atom is -0.618 e. The van der Waals surface area contributed by atoms with Crippen molar-refractivity contribution in [2.24, 2.45) is 0 Å². The third kappa shape index (κ3) is 1.68. The van der Waals surface area contributed by atoms with E-state index in [0.717, 1.165) is 6.07 Å². The van der Waals surface area contributed by atoms with Crippen LogP contribution in [0, 0.1) is 12.1 Å². The van der Waals surface area contributed by atoms with Gasteiger partial charge in [-0.2, -0.15) is 17.9 Å². The summed E-state index contributed by atoms with van der Waals surface area (Å²) in [6.45, 7) is 1.53. The maximum Gasteiger partial charge on any atom is 0.417 e. The van der Waals surface area contributed by atoms with Crippen molar-refractivity contribution < 1.29 is 17.9 Å². The number of nitrogens with zero attached hydrogens (tertiary/aromatic N) is 1. The van der Waals surface area contributed by atoms with E-state index in [1.807, 2.05) is 0 Å². The van der Waals surface area contributed by atoms with Crippen LogP contribution in [-0.2, 0) is 6.18 Å². The molecular formula is C11H8F3NO. The summed E-state index contributed by atoms with van der Waals surface area (Å²) in [5.41, 5.74) is -0.321. The summed E-state index contributed by atoms with van der Waals surface area (Å²) in [5, 5.41) is 11.3. The maximum absolute atomic E-state index is 12.7. The first-order valence-corrected chi connectivity index (χ1v) is 4.59. The standard InChI is InChI=1S/C11H8F3NO/c1-7-5-9(11(12,13)14)8-3-2-4-15(16)10(8)6-7/h2-6H,1H3. The molecule has 84 valence electrons. The van der Waals surface area contributed by atoms with Crippen LogP contribution in [0.3, 0.4) is 0 Å². The normalized spacial score (nSPS) is 12.0. The lowest BCUT2D eigenvalue weighted by Crippen LogP contribution is -2.26. The van der Waals surface area contributed by atoms with Gasteiger partial charge in [0, 0.05) is 12.1 Å². The second-order valence-electron chi connectivity index (χ2n) is 3.58. The molecule has 5 heteroatoms. The van der Waals surface area contributed by atoms with Crippen LogP contribution < -0.4 is 4.73 Å². The van der Waals surface area contributed by atoms with Crippen LogP contribution in [0.1, 0.15) is 11.1 Å². The fourth-order valence-corrected chi connectivity index (χ4v) is 1.67. The Morgan fingerprint density at radius 2 is 1.94 bits per heavy atom. The van der Waals surface area contributed by atoms with E-state index in [9.17, 15) is 18.4 Å². The lowest BCUT2D eigenvalue weighted by atomic mass is 10.0. The van der Waals surface area contributed by atoms with Gasteiger partial charge in [-0.15, -0.1) is 0 Å². The Morgan fingerprint density at radius 1 is 1.25 bits per heavy atom. The van der Waals surface area contributed by atoms with Gasteiger partial charge in [-0.3, -0.25) is 0 Å². The maximum atomic E-state index is 12.7. The summed E-state index contributed by atoms with van der Waals surface area (Å²) in [6, 6.07) is 5.09. The molecule has 0 unspecified atom stereocenters. The highest BCUT2D eigenvalue weighted by Gasteiger charge is 2.33. The van der Waals surface area contributed by atoms with Crippen molar-refractivity contribution in [2.45, 2.75) is 13.1 Å². The zero-order valence-electron chi connectivity index (χ0n) is 8.38. The Labute approximate surface area is 89.5 Å². The third-order valence-corrected chi connectivity index (χ3v) is 2.33. The number of pyridine rings is 1. The lowest BCUT2D eigenvalue weighted by molar-refractivity contribution is -0.577. The topological polar surface area (TPSA) is 26.9 Å². The van der Waals surface area contributed by atoms with Crippen molar-refractivity contribution in [1.82, 2.24) is 0 Å². The second kappa shape index (κ2) is 3.37. The van der Waals surface area contributed by atoms with Crippen molar-refractivity contribution in [3.63, 3.8) is 0 Å². The van der Waals surface area contributed by atoms with E-state index in [4.69, 9.17) is 0 Å². The first kappa shape index (κ1) is 10.7. The second-order valence-corrected chi connectivity index (χ2v) is 3.58. The van der Waals surface area contributed by atoms with Gasteiger partial charge in [-0.25, -0.2) is 0 Å². The van der Waals surface area contributed by atoms with Gasteiger partial charge in [0.05, 0.1) is 10.9 Å². The molecule has 2 rings (SSSR count). The fraction of sp³-hybridized carbons (Fsp3) is 0.182. The summed E-state index contributed by atoms with van der Waals surface area (Å²) >= 11 is 0. The first-order chi connectivity index (χ1) is 7.39. The Hall–Kier alpha value is -1.78. The van der Waals surface area contributed by atoms with Gasteiger partial charge in [0.1, 0.15) is 0 Å².